The van der Waals surface area contributed by atoms with E-state index in [4.69, 9.17) is 4.74 Å². The molecule has 1 amide bonds. The maximum Gasteiger partial charge on any atom is 0.332 e. The molecule has 0 aliphatic heterocycles. The number of ether oxygens (including phenoxy) is 1. The zero-order valence-corrected chi connectivity index (χ0v) is 12.4. The number of hydrogen-bond donors (Lipinski definition) is 1. The summed E-state index contributed by atoms with van der Waals surface area (Å²) in [4.78, 5) is 24.5. The van der Waals surface area contributed by atoms with Gasteiger partial charge in [0, 0.05) is 11.5 Å². The Hall–Kier alpha value is -2.14. The standard InChI is InChI=1S/C16H15NO3S/c1-20-15(19)16(9-13(16)12-7-8-21-10-12)17-14(18)11-5-3-2-4-6-11/h2-8,10,13H,9H2,1H3,(H,17,18). The van der Waals surface area contributed by atoms with Crippen molar-refractivity contribution in [2.24, 2.45) is 0 Å². The van der Waals surface area contributed by atoms with Crippen molar-refractivity contribution in [1.82, 2.24) is 5.32 Å². The van der Waals surface area contributed by atoms with Crippen molar-refractivity contribution >= 4 is 23.2 Å². The smallest absolute Gasteiger partial charge is 0.332 e. The van der Waals surface area contributed by atoms with Gasteiger partial charge < -0.3 is 10.1 Å². The molecular weight excluding hydrogens is 286 g/mol. The van der Waals surface area contributed by atoms with Gasteiger partial charge in [0.2, 0.25) is 0 Å². The highest BCUT2D eigenvalue weighted by atomic mass is 32.1. The summed E-state index contributed by atoms with van der Waals surface area (Å²) < 4.78 is 4.89. The van der Waals surface area contributed by atoms with Gasteiger partial charge in [-0.1, -0.05) is 18.2 Å². The summed E-state index contributed by atoms with van der Waals surface area (Å²) >= 11 is 1.58. The Morgan fingerprint density at radius 3 is 2.67 bits per heavy atom. The Morgan fingerprint density at radius 2 is 2.05 bits per heavy atom. The van der Waals surface area contributed by atoms with Crippen molar-refractivity contribution in [1.29, 1.82) is 0 Å². The highest BCUT2D eigenvalue weighted by Crippen LogP contribution is 2.52. The Labute approximate surface area is 126 Å². The third-order valence-electron chi connectivity index (χ3n) is 3.83. The second-order valence-electron chi connectivity index (χ2n) is 5.10. The minimum atomic E-state index is -0.928. The molecule has 0 radical (unpaired) electrons. The molecular formula is C16H15NO3S. The van der Waals surface area contributed by atoms with Gasteiger partial charge in [0.1, 0.15) is 5.54 Å². The van der Waals surface area contributed by atoms with Crippen molar-refractivity contribution < 1.29 is 14.3 Å². The molecule has 1 aromatic heterocycles. The third-order valence-corrected chi connectivity index (χ3v) is 4.53. The topological polar surface area (TPSA) is 55.4 Å². The molecule has 3 rings (SSSR count). The molecule has 1 aliphatic carbocycles. The molecule has 1 N–H and O–H groups in total. The van der Waals surface area contributed by atoms with Crippen LogP contribution in [0, 0.1) is 0 Å². The number of thiophene rings is 1. The minimum absolute atomic E-state index is 0.0103. The first-order valence-corrected chi connectivity index (χ1v) is 7.60. The van der Waals surface area contributed by atoms with Gasteiger partial charge in [-0.25, -0.2) is 4.79 Å². The lowest BCUT2D eigenvalue weighted by Gasteiger charge is -2.17. The van der Waals surface area contributed by atoms with Crippen LogP contribution < -0.4 is 5.32 Å². The van der Waals surface area contributed by atoms with Gasteiger partial charge in [-0.3, -0.25) is 4.79 Å². The molecule has 1 heterocycles. The highest BCUT2D eigenvalue weighted by Gasteiger charge is 2.63. The van der Waals surface area contributed by atoms with E-state index in [0.717, 1.165) is 5.56 Å². The van der Waals surface area contributed by atoms with E-state index in [0.29, 0.717) is 12.0 Å². The monoisotopic (exact) mass is 301 g/mol. The van der Waals surface area contributed by atoms with Crippen LogP contribution in [0.25, 0.3) is 0 Å². The summed E-state index contributed by atoms with van der Waals surface area (Å²) in [6.07, 6.45) is 0.578. The minimum Gasteiger partial charge on any atom is -0.467 e. The van der Waals surface area contributed by atoms with Crippen molar-refractivity contribution in [2.75, 3.05) is 7.11 Å². The van der Waals surface area contributed by atoms with Crippen molar-refractivity contribution in [3.8, 4) is 0 Å². The second kappa shape index (κ2) is 5.33. The highest BCUT2D eigenvalue weighted by molar-refractivity contribution is 7.08. The molecule has 0 spiro atoms. The second-order valence-corrected chi connectivity index (χ2v) is 5.88. The van der Waals surface area contributed by atoms with E-state index < -0.39 is 5.54 Å². The fourth-order valence-corrected chi connectivity index (χ4v) is 3.31. The lowest BCUT2D eigenvalue weighted by atomic mass is 10.1. The van der Waals surface area contributed by atoms with E-state index in [1.807, 2.05) is 22.9 Å². The van der Waals surface area contributed by atoms with Crippen molar-refractivity contribution in [2.45, 2.75) is 17.9 Å². The summed E-state index contributed by atoms with van der Waals surface area (Å²) in [7, 11) is 1.35. The number of carbonyl (C=O) groups is 2. The quantitative estimate of drug-likeness (QED) is 0.883. The molecule has 2 unspecified atom stereocenters. The van der Waals surface area contributed by atoms with E-state index in [1.54, 1.807) is 35.6 Å². The van der Waals surface area contributed by atoms with E-state index in [2.05, 4.69) is 5.32 Å². The first-order chi connectivity index (χ1) is 10.2. The van der Waals surface area contributed by atoms with Gasteiger partial charge in [-0.15, -0.1) is 0 Å². The fourth-order valence-electron chi connectivity index (χ4n) is 2.60. The van der Waals surface area contributed by atoms with Crippen LogP contribution >= 0.6 is 11.3 Å². The number of carbonyl (C=O) groups excluding carboxylic acids is 2. The average molecular weight is 301 g/mol. The summed E-state index contributed by atoms with van der Waals surface area (Å²) in [5, 5.41) is 6.83. The predicted molar refractivity (Wildman–Crippen MR) is 80.3 cm³/mol. The molecule has 2 aromatic rings. The number of benzene rings is 1. The molecule has 2 atom stereocenters. The maximum atomic E-state index is 12.3. The van der Waals surface area contributed by atoms with Crippen LogP contribution in [0.2, 0.25) is 0 Å². The molecule has 1 fully saturated rings. The molecule has 108 valence electrons. The SMILES string of the molecule is COC(=O)C1(NC(=O)c2ccccc2)CC1c1ccsc1. The van der Waals surface area contributed by atoms with Crippen molar-refractivity contribution in [3.63, 3.8) is 0 Å². The van der Waals surface area contributed by atoms with Gasteiger partial charge in [-0.05, 0) is 40.9 Å². The first-order valence-electron chi connectivity index (χ1n) is 6.65. The molecule has 1 saturated carbocycles. The number of amides is 1. The van der Waals surface area contributed by atoms with Crippen LogP contribution in [0.15, 0.2) is 47.2 Å². The van der Waals surface area contributed by atoms with Gasteiger partial charge in [0.05, 0.1) is 7.11 Å². The van der Waals surface area contributed by atoms with E-state index in [9.17, 15) is 9.59 Å². The van der Waals surface area contributed by atoms with Gasteiger partial charge in [0.25, 0.3) is 5.91 Å². The zero-order chi connectivity index (χ0) is 14.9. The number of nitrogens with one attached hydrogen (secondary N) is 1. The summed E-state index contributed by atoms with van der Waals surface area (Å²) in [6.45, 7) is 0. The van der Waals surface area contributed by atoms with Crippen LogP contribution in [0.5, 0.6) is 0 Å². The number of methoxy groups -OCH3 is 1. The summed E-state index contributed by atoms with van der Waals surface area (Å²) in [5.41, 5.74) is 0.679. The largest absolute Gasteiger partial charge is 0.467 e. The Balaban J connectivity index is 1.83. The van der Waals surface area contributed by atoms with Gasteiger partial charge in [0.15, 0.2) is 0 Å². The molecule has 0 bridgehead atoms. The Kier molecular flexibility index (Phi) is 3.51. The molecule has 5 heteroatoms. The number of rotatable bonds is 4. The van der Waals surface area contributed by atoms with E-state index in [1.165, 1.54) is 7.11 Å². The van der Waals surface area contributed by atoms with Gasteiger partial charge in [-0.2, -0.15) is 11.3 Å². The van der Waals surface area contributed by atoms with Crippen LogP contribution in [-0.4, -0.2) is 24.5 Å². The molecule has 1 aliphatic rings. The Bertz CT molecular complexity index is 653. The van der Waals surface area contributed by atoms with Crippen LogP contribution in [-0.2, 0) is 9.53 Å². The van der Waals surface area contributed by atoms with E-state index in [-0.39, 0.29) is 17.8 Å². The number of hydrogen-bond acceptors (Lipinski definition) is 4. The lowest BCUT2D eigenvalue weighted by Crippen LogP contribution is -2.45. The van der Waals surface area contributed by atoms with Crippen LogP contribution in [0.1, 0.15) is 28.3 Å². The maximum absolute atomic E-state index is 12.3. The number of esters is 1. The van der Waals surface area contributed by atoms with E-state index >= 15 is 0 Å². The predicted octanol–water partition coefficient (Wildman–Crippen LogP) is 2.58. The summed E-state index contributed by atoms with van der Waals surface area (Å²) in [6, 6.07) is 10.9. The third kappa shape index (κ3) is 2.45. The zero-order valence-electron chi connectivity index (χ0n) is 11.5. The molecule has 21 heavy (non-hydrogen) atoms. The van der Waals surface area contributed by atoms with Crippen LogP contribution in [0.4, 0.5) is 0 Å². The fraction of sp³-hybridized carbons (Fsp3) is 0.250. The average Bonchev–Trinajstić information content (AvgIpc) is 2.99. The van der Waals surface area contributed by atoms with Crippen LogP contribution in [0.3, 0.4) is 0 Å². The first kappa shape index (κ1) is 13.8. The Morgan fingerprint density at radius 1 is 1.29 bits per heavy atom. The summed E-state index contributed by atoms with van der Waals surface area (Å²) in [5.74, 6) is -0.648. The molecule has 0 saturated heterocycles. The lowest BCUT2D eigenvalue weighted by molar-refractivity contribution is -0.144. The molecule has 4 nitrogen and oxygen atoms in total. The normalized spacial score (nSPS) is 23.4. The van der Waals surface area contributed by atoms with Gasteiger partial charge >= 0.3 is 5.97 Å². The van der Waals surface area contributed by atoms with Crippen molar-refractivity contribution in [3.05, 3.63) is 58.3 Å². The molecule has 1 aromatic carbocycles.